The summed E-state index contributed by atoms with van der Waals surface area (Å²) in [5.74, 6) is -0.810. The van der Waals surface area contributed by atoms with E-state index >= 15 is 0 Å². The Morgan fingerprint density at radius 2 is 1.48 bits per heavy atom. The molecule has 0 unspecified atom stereocenters. The lowest BCUT2D eigenvalue weighted by molar-refractivity contribution is -0.136. The van der Waals surface area contributed by atoms with Crippen LogP contribution in [0.4, 0.5) is 11.4 Å². The van der Waals surface area contributed by atoms with Crippen molar-refractivity contribution >= 4 is 34.7 Å². The van der Waals surface area contributed by atoms with Crippen molar-refractivity contribution < 1.29 is 14.4 Å². The largest absolute Gasteiger partial charge is 0.350 e. The third kappa shape index (κ3) is 4.85. The molecule has 0 fully saturated rings. The van der Waals surface area contributed by atoms with Gasteiger partial charge in [-0.1, -0.05) is 52.0 Å². The molecule has 0 radical (unpaired) electrons. The molecule has 1 aliphatic heterocycles. The molecular weight excluding hydrogens is 390 g/mol. The molecule has 2 aromatic carbocycles. The van der Waals surface area contributed by atoms with Crippen LogP contribution >= 0.6 is 0 Å². The second-order valence-electron chi connectivity index (χ2n) is 8.72. The van der Waals surface area contributed by atoms with Crippen molar-refractivity contribution in [1.29, 1.82) is 0 Å². The first-order valence-corrected chi connectivity index (χ1v) is 10.5. The van der Waals surface area contributed by atoms with E-state index in [0.717, 1.165) is 5.69 Å². The van der Waals surface area contributed by atoms with Crippen LogP contribution in [-0.4, -0.2) is 29.2 Å². The number of nitrogens with one attached hydrogen (secondary N) is 2. The Hall–Kier alpha value is -3.41. The first kappa shape index (κ1) is 22.3. The number of nitrogens with zero attached hydrogens (tertiary/aromatic N) is 1. The number of anilines is 2. The maximum Gasteiger partial charge on any atom is 0.278 e. The van der Waals surface area contributed by atoms with Gasteiger partial charge in [-0.15, -0.1) is 0 Å². The van der Waals surface area contributed by atoms with Crippen LogP contribution in [0, 0.1) is 0 Å². The summed E-state index contributed by atoms with van der Waals surface area (Å²) in [7, 11) is 0. The molecule has 2 aromatic rings. The monoisotopic (exact) mass is 419 g/mol. The van der Waals surface area contributed by atoms with Crippen molar-refractivity contribution in [1.82, 2.24) is 4.90 Å². The van der Waals surface area contributed by atoms with Gasteiger partial charge in [0.1, 0.15) is 5.70 Å². The van der Waals surface area contributed by atoms with E-state index in [0.29, 0.717) is 29.8 Å². The fraction of sp³-hybridized carbons (Fsp3) is 0.320. The summed E-state index contributed by atoms with van der Waals surface area (Å²) in [6.07, 6.45) is 0.680. The van der Waals surface area contributed by atoms with E-state index in [4.69, 9.17) is 0 Å². The van der Waals surface area contributed by atoms with Gasteiger partial charge in [0.05, 0.1) is 5.57 Å². The Bertz CT molecular complexity index is 1030. The summed E-state index contributed by atoms with van der Waals surface area (Å²) >= 11 is 0. The molecule has 0 aliphatic carbocycles. The second-order valence-corrected chi connectivity index (χ2v) is 8.72. The van der Waals surface area contributed by atoms with E-state index in [1.165, 1.54) is 17.4 Å². The van der Waals surface area contributed by atoms with Crippen LogP contribution in [0.3, 0.4) is 0 Å². The van der Waals surface area contributed by atoms with Gasteiger partial charge in [-0.2, -0.15) is 0 Å². The number of carbonyl (C=O) groups is 3. The molecular formula is C25H29N3O3. The Morgan fingerprint density at radius 3 is 2.00 bits per heavy atom. The van der Waals surface area contributed by atoms with Crippen molar-refractivity contribution in [2.45, 2.75) is 46.5 Å². The molecule has 0 aromatic heterocycles. The summed E-state index contributed by atoms with van der Waals surface area (Å²) in [5.41, 5.74) is 3.82. The molecule has 3 rings (SSSR count). The zero-order chi connectivity index (χ0) is 22.8. The molecule has 1 aliphatic rings. The Kier molecular flexibility index (Phi) is 6.29. The average molecular weight is 420 g/mol. The highest BCUT2D eigenvalue weighted by Crippen LogP contribution is 2.32. The lowest BCUT2D eigenvalue weighted by Crippen LogP contribution is -2.33. The van der Waals surface area contributed by atoms with Crippen molar-refractivity contribution in [2.75, 3.05) is 17.2 Å². The molecule has 0 bridgehead atoms. The third-order valence-corrected chi connectivity index (χ3v) is 5.13. The first-order valence-electron chi connectivity index (χ1n) is 10.5. The van der Waals surface area contributed by atoms with Gasteiger partial charge in [0, 0.05) is 24.8 Å². The minimum Gasteiger partial charge on any atom is -0.350 e. The minimum atomic E-state index is -0.326. The van der Waals surface area contributed by atoms with E-state index in [2.05, 4.69) is 31.4 Å². The predicted molar refractivity (Wildman–Crippen MR) is 123 cm³/mol. The van der Waals surface area contributed by atoms with Crippen LogP contribution in [-0.2, 0) is 19.8 Å². The third-order valence-electron chi connectivity index (χ3n) is 5.13. The van der Waals surface area contributed by atoms with Crippen molar-refractivity contribution in [2.24, 2.45) is 0 Å². The summed E-state index contributed by atoms with van der Waals surface area (Å²) in [6, 6.07) is 14.8. The van der Waals surface area contributed by atoms with Gasteiger partial charge in [-0.25, -0.2) is 0 Å². The Labute approximate surface area is 183 Å². The number of amides is 3. The van der Waals surface area contributed by atoms with Gasteiger partial charge in [0.2, 0.25) is 5.91 Å². The summed E-state index contributed by atoms with van der Waals surface area (Å²) < 4.78 is 0. The van der Waals surface area contributed by atoms with E-state index in [-0.39, 0.29) is 28.8 Å². The first-order chi connectivity index (χ1) is 14.6. The lowest BCUT2D eigenvalue weighted by Gasteiger charge is -2.19. The molecule has 0 spiro atoms. The van der Waals surface area contributed by atoms with Crippen molar-refractivity contribution in [3.63, 3.8) is 0 Å². The Morgan fingerprint density at radius 1 is 0.903 bits per heavy atom. The van der Waals surface area contributed by atoms with Crippen molar-refractivity contribution in [3.05, 3.63) is 65.4 Å². The number of benzene rings is 2. The fourth-order valence-corrected chi connectivity index (χ4v) is 3.51. The fourth-order valence-electron chi connectivity index (χ4n) is 3.51. The van der Waals surface area contributed by atoms with E-state index in [9.17, 15) is 14.4 Å². The van der Waals surface area contributed by atoms with E-state index in [1.807, 2.05) is 31.2 Å². The molecule has 3 amide bonds. The standard InChI is InChI=1S/C25H29N3O3/c1-6-15-28-23(30)21(17-7-11-19(12-8-17)26-16(2)29)22(24(28)31)27-20-13-9-18(10-14-20)25(3,4)5/h7-14,27H,6,15H2,1-5H3,(H,26,29). The lowest BCUT2D eigenvalue weighted by atomic mass is 9.87. The summed E-state index contributed by atoms with van der Waals surface area (Å²) in [6.45, 7) is 10.1. The minimum absolute atomic E-state index is 0.0235. The molecule has 2 N–H and O–H groups in total. The number of carbonyl (C=O) groups excluding carboxylic acids is 3. The summed E-state index contributed by atoms with van der Waals surface area (Å²) in [4.78, 5) is 38.7. The number of hydrogen-bond donors (Lipinski definition) is 2. The summed E-state index contributed by atoms with van der Waals surface area (Å²) in [5, 5.41) is 5.89. The van der Waals surface area contributed by atoms with Crippen LogP contribution in [0.2, 0.25) is 0 Å². The number of rotatable bonds is 6. The normalized spacial score (nSPS) is 14.3. The van der Waals surface area contributed by atoms with Gasteiger partial charge in [0.15, 0.2) is 0 Å². The highest BCUT2D eigenvalue weighted by molar-refractivity contribution is 6.36. The molecule has 0 atom stereocenters. The second kappa shape index (κ2) is 8.76. The highest BCUT2D eigenvalue weighted by Gasteiger charge is 2.38. The van der Waals surface area contributed by atoms with Crippen LogP contribution < -0.4 is 10.6 Å². The van der Waals surface area contributed by atoms with Crippen LogP contribution in [0.5, 0.6) is 0 Å². The average Bonchev–Trinajstić information content (AvgIpc) is 2.93. The van der Waals surface area contributed by atoms with Crippen LogP contribution in [0.1, 0.15) is 52.2 Å². The zero-order valence-electron chi connectivity index (χ0n) is 18.7. The van der Waals surface area contributed by atoms with E-state index < -0.39 is 0 Å². The molecule has 6 heteroatoms. The number of hydrogen-bond acceptors (Lipinski definition) is 4. The van der Waals surface area contributed by atoms with Crippen molar-refractivity contribution in [3.8, 4) is 0 Å². The molecule has 1 heterocycles. The van der Waals surface area contributed by atoms with E-state index in [1.54, 1.807) is 24.3 Å². The maximum atomic E-state index is 13.1. The smallest absolute Gasteiger partial charge is 0.278 e. The quantitative estimate of drug-likeness (QED) is 0.674. The van der Waals surface area contributed by atoms with Crippen LogP contribution in [0.25, 0.3) is 5.57 Å². The SMILES string of the molecule is CCCN1C(=O)C(Nc2ccc(C(C)(C)C)cc2)=C(c2ccc(NC(C)=O)cc2)C1=O. The molecule has 162 valence electrons. The predicted octanol–water partition coefficient (Wildman–Crippen LogP) is 4.54. The highest BCUT2D eigenvalue weighted by atomic mass is 16.2. The maximum absolute atomic E-state index is 13.1. The van der Waals surface area contributed by atoms with Gasteiger partial charge in [0.25, 0.3) is 11.8 Å². The number of imide groups is 1. The topological polar surface area (TPSA) is 78.5 Å². The molecule has 0 saturated heterocycles. The molecule has 31 heavy (non-hydrogen) atoms. The van der Waals surface area contributed by atoms with Crippen LogP contribution in [0.15, 0.2) is 54.2 Å². The zero-order valence-corrected chi connectivity index (χ0v) is 18.7. The van der Waals surface area contributed by atoms with Gasteiger partial charge >= 0.3 is 0 Å². The Balaban J connectivity index is 1.98. The van der Waals surface area contributed by atoms with Gasteiger partial charge in [-0.05, 0) is 47.2 Å². The molecule has 0 saturated carbocycles. The van der Waals surface area contributed by atoms with Gasteiger partial charge < -0.3 is 10.6 Å². The van der Waals surface area contributed by atoms with Gasteiger partial charge in [-0.3, -0.25) is 19.3 Å². The molecule has 6 nitrogen and oxygen atoms in total.